The molecular formula is C27H18F3N3O4S. The van der Waals surface area contributed by atoms with E-state index >= 15 is 0 Å². The van der Waals surface area contributed by atoms with E-state index in [1.165, 1.54) is 18.3 Å². The highest BCUT2D eigenvalue weighted by Crippen LogP contribution is 2.43. The number of ether oxygens (including phenoxy) is 1. The highest BCUT2D eigenvalue weighted by Gasteiger charge is 2.46. The zero-order valence-corrected chi connectivity index (χ0v) is 20.5. The summed E-state index contributed by atoms with van der Waals surface area (Å²) in [5.41, 5.74) is 1.47. The van der Waals surface area contributed by atoms with Crippen molar-refractivity contribution >= 4 is 28.7 Å². The summed E-state index contributed by atoms with van der Waals surface area (Å²) in [4.78, 5) is 37.3. The van der Waals surface area contributed by atoms with E-state index in [2.05, 4.69) is 14.7 Å². The molecule has 1 amide bonds. The molecule has 1 N–H and O–H groups in total. The number of amides is 1. The number of halogens is 3. The standard InChI is InChI=1S/C27H18F3N3O4S/c1-15-24(38-25(32-15)16-7-3-2-4-8-16)22(34)20-21(19-9-5-6-14-31-19)33(26(36)23(20)35)17-10-12-18(13-11-17)37-27(28,29)30/h2-14,21,35H,1H3. The smallest absolute Gasteiger partial charge is 0.503 e. The summed E-state index contributed by atoms with van der Waals surface area (Å²) in [7, 11) is 0. The molecule has 2 aromatic carbocycles. The highest BCUT2D eigenvalue weighted by atomic mass is 32.1. The van der Waals surface area contributed by atoms with Crippen LogP contribution in [0.3, 0.4) is 0 Å². The molecule has 1 unspecified atom stereocenters. The van der Waals surface area contributed by atoms with Gasteiger partial charge in [0.1, 0.15) is 16.8 Å². The molecule has 1 aliphatic heterocycles. The summed E-state index contributed by atoms with van der Waals surface area (Å²) in [6.45, 7) is 1.66. The zero-order chi connectivity index (χ0) is 27.0. The summed E-state index contributed by atoms with van der Waals surface area (Å²) >= 11 is 1.13. The number of anilines is 1. The Morgan fingerprint density at radius 2 is 1.71 bits per heavy atom. The maximum atomic E-state index is 13.8. The largest absolute Gasteiger partial charge is 0.573 e. The summed E-state index contributed by atoms with van der Waals surface area (Å²) in [6, 6.07) is 17.6. The van der Waals surface area contributed by atoms with Crippen LogP contribution < -0.4 is 9.64 Å². The lowest BCUT2D eigenvalue weighted by Gasteiger charge is -2.26. The predicted octanol–water partition coefficient (Wildman–Crippen LogP) is 6.20. The van der Waals surface area contributed by atoms with Crippen LogP contribution in [-0.2, 0) is 4.79 Å². The number of thiazole rings is 1. The molecule has 0 saturated heterocycles. The number of carbonyl (C=O) groups is 2. The maximum Gasteiger partial charge on any atom is 0.573 e. The summed E-state index contributed by atoms with van der Waals surface area (Å²) in [5, 5.41) is 11.5. The number of benzene rings is 2. The molecule has 11 heteroatoms. The van der Waals surface area contributed by atoms with Crippen molar-refractivity contribution in [2.24, 2.45) is 0 Å². The number of hydrogen-bond acceptors (Lipinski definition) is 7. The topological polar surface area (TPSA) is 92.6 Å². The quantitative estimate of drug-likeness (QED) is 0.295. The van der Waals surface area contributed by atoms with Gasteiger partial charge < -0.3 is 9.84 Å². The fourth-order valence-corrected chi connectivity index (χ4v) is 5.19. The van der Waals surface area contributed by atoms with E-state index in [4.69, 9.17) is 0 Å². The molecule has 0 bridgehead atoms. The average molecular weight is 538 g/mol. The third kappa shape index (κ3) is 4.75. The molecule has 1 aliphatic rings. The number of rotatable bonds is 6. The zero-order valence-electron chi connectivity index (χ0n) is 19.6. The first-order valence-corrected chi connectivity index (χ1v) is 12.1. The van der Waals surface area contributed by atoms with E-state index in [-0.39, 0.29) is 21.8 Å². The molecule has 1 atom stereocenters. The first kappa shape index (κ1) is 25.2. The second-order valence-electron chi connectivity index (χ2n) is 8.26. The van der Waals surface area contributed by atoms with Gasteiger partial charge in [-0.1, -0.05) is 36.4 Å². The summed E-state index contributed by atoms with van der Waals surface area (Å²) < 4.78 is 41.7. The van der Waals surface area contributed by atoms with Crippen molar-refractivity contribution in [2.45, 2.75) is 19.3 Å². The number of nitrogens with zero attached hydrogens (tertiary/aromatic N) is 3. The van der Waals surface area contributed by atoms with Gasteiger partial charge in [0.05, 0.1) is 21.8 Å². The molecule has 38 heavy (non-hydrogen) atoms. The number of aliphatic hydroxyl groups is 1. The minimum Gasteiger partial charge on any atom is -0.503 e. The molecule has 0 spiro atoms. The van der Waals surface area contributed by atoms with Crippen molar-refractivity contribution in [3.8, 4) is 16.3 Å². The summed E-state index contributed by atoms with van der Waals surface area (Å²) in [6.07, 6.45) is -3.41. The predicted molar refractivity (Wildman–Crippen MR) is 134 cm³/mol. The van der Waals surface area contributed by atoms with Gasteiger partial charge in [-0.2, -0.15) is 0 Å². The molecule has 0 aliphatic carbocycles. The lowest BCUT2D eigenvalue weighted by Crippen LogP contribution is -2.31. The van der Waals surface area contributed by atoms with Crippen molar-refractivity contribution in [3.63, 3.8) is 0 Å². The maximum absolute atomic E-state index is 13.8. The number of hydrogen-bond donors (Lipinski definition) is 1. The number of ketones is 1. The Kier molecular flexibility index (Phi) is 6.45. The van der Waals surface area contributed by atoms with Gasteiger partial charge in [-0.25, -0.2) is 4.98 Å². The SMILES string of the molecule is Cc1nc(-c2ccccc2)sc1C(=O)C1=C(O)C(=O)N(c2ccc(OC(F)(F)F)cc2)C1c1ccccn1. The number of aliphatic hydroxyl groups excluding tert-OH is 1. The number of aromatic nitrogens is 2. The fourth-order valence-electron chi connectivity index (χ4n) is 4.16. The Hall–Kier alpha value is -4.51. The van der Waals surface area contributed by atoms with Crippen LogP contribution in [0.2, 0.25) is 0 Å². The van der Waals surface area contributed by atoms with Crippen LogP contribution in [0.1, 0.15) is 27.1 Å². The van der Waals surface area contributed by atoms with Crippen molar-refractivity contribution in [1.82, 2.24) is 9.97 Å². The second-order valence-corrected chi connectivity index (χ2v) is 9.26. The Labute approximate surface area is 218 Å². The van der Waals surface area contributed by atoms with Gasteiger partial charge in [0.2, 0.25) is 5.78 Å². The normalized spacial score (nSPS) is 15.7. The first-order chi connectivity index (χ1) is 18.1. The molecule has 3 heterocycles. The van der Waals surface area contributed by atoms with Crippen LogP contribution in [0.4, 0.5) is 18.9 Å². The van der Waals surface area contributed by atoms with Crippen molar-refractivity contribution in [3.05, 3.63) is 107 Å². The van der Waals surface area contributed by atoms with Gasteiger partial charge in [-0.3, -0.25) is 19.5 Å². The number of pyridine rings is 1. The third-order valence-electron chi connectivity index (χ3n) is 5.79. The Balaban J connectivity index is 1.56. The van der Waals surface area contributed by atoms with E-state index < -0.39 is 35.6 Å². The van der Waals surface area contributed by atoms with Crippen LogP contribution in [-0.4, -0.2) is 33.1 Å². The van der Waals surface area contributed by atoms with Gasteiger partial charge in [-0.05, 0) is 43.3 Å². The van der Waals surface area contributed by atoms with Crippen molar-refractivity contribution in [2.75, 3.05) is 4.90 Å². The lowest BCUT2D eigenvalue weighted by molar-refractivity contribution is -0.274. The molecule has 2 aromatic heterocycles. The average Bonchev–Trinajstić information content (AvgIpc) is 3.41. The van der Waals surface area contributed by atoms with E-state index in [1.54, 1.807) is 25.1 Å². The van der Waals surface area contributed by atoms with Crippen molar-refractivity contribution in [1.29, 1.82) is 0 Å². The molecule has 4 aromatic rings. The lowest BCUT2D eigenvalue weighted by atomic mass is 9.98. The molecule has 5 rings (SSSR count). The van der Waals surface area contributed by atoms with Crippen LogP contribution in [0, 0.1) is 6.92 Å². The molecule has 0 radical (unpaired) electrons. The molecule has 192 valence electrons. The molecule has 0 fully saturated rings. The monoisotopic (exact) mass is 537 g/mol. The van der Waals surface area contributed by atoms with E-state index in [9.17, 15) is 27.9 Å². The van der Waals surface area contributed by atoms with Gasteiger partial charge in [-0.15, -0.1) is 24.5 Å². The van der Waals surface area contributed by atoms with Gasteiger partial charge in [0.25, 0.3) is 5.91 Å². The third-order valence-corrected chi connectivity index (χ3v) is 7.00. The minimum absolute atomic E-state index is 0.139. The highest BCUT2D eigenvalue weighted by molar-refractivity contribution is 7.17. The Bertz CT molecular complexity index is 1540. The number of alkyl halides is 3. The van der Waals surface area contributed by atoms with Gasteiger partial charge >= 0.3 is 6.36 Å². The summed E-state index contributed by atoms with van der Waals surface area (Å²) in [5.74, 6) is -2.73. The molecule has 7 nitrogen and oxygen atoms in total. The van der Waals surface area contributed by atoms with E-state index in [1.807, 2.05) is 30.3 Å². The first-order valence-electron chi connectivity index (χ1n) is 11.2. The second kappa shape index (κ2) is 9.75. The Morgan fingerprint density at radius 3 is 2.34 bits per heavy atom. The number of aryl methyl sites for hydroxylation is 1. The Morgan fingerprint density at radius 1 is 1.03 bits per heavy atom. The van der Waals surface area contributed by atoms with E-state index in [0.29, 0.717) is 10.7 Å². The number of Topliss-reactive ketones (excluding diaryl/α,β-unsaturated/α-hetero) is 1. The fraction of sp³-hybridized carbons (Fsp3) is 0.111. The van der Waals surface area contributed by atoms with Gasteiger partial charge in [0.15, 0.2) is 5.76 Å². The molecular weight excluding hydrogens is 519 g/mol. The van der Waals surface area contributed by atoms with Crippen LogP contribution in [0.15, 0.2) is 90.3 Å². The van der Waals surface area contributed by atoms with Gasteiger partial charge in [0, 0.05) is 17.4 Å². The number of carbonyl (C=O) groups excluding carboxylic acids is 2. The van der Waals surface area contributed by atoms with Crippen LogP contribution in [0.25, 0.3) is 10.6 Å². The molecule has 0 saturated carbocycles. The van der Waals surface area contributed by atoms with Crippen molar-refractivity contribution < 1.29 is 32.6 Å². The van der Waals surface area contributed by atoms with Crippen LogP contribution >= 0.6 is 11.3 Å². The van der Waals surface area contributed by atoms with Crippen LogP contribution in [0.5, 0.6) is 5.75 Å². The minimum atomic E-state index is -4.88. The van der Waals surface area contributed by atoms with E-state index in [0.717, 1.165) is 33.9 Å².